The summed E-state index contributed by atoms with van der Waals surface area (Å²) in [6, 6.07) is 23.4. The largest absolute Gasteiger partial charge is 0.393 e. The fourth-order valence-corrected chi connectivity index (χ4v) is 5.11. The number of aromatic nitrogens is 1. The first-order valence-corrected chi connectivity index (χ1v) is 13.1. The zero-order valence-electron chi connectivity index (χ0n) is 20.8. The van der Waals surface area contributed by atoms with E-state index in [-0.39, 0.29) is 17.8 Å². The van der Waals surface area contributed by atoms with E-state index >= 15 is 0 Å². The molecule has 6 heteroatoms. The quantitative estimate of drug-likeness (QED) is 0.318. The van der Waals surface area contributed by atoms with Crippen molar-refractivity contribution >= 4 is 34.0 Å². The standard InChI is InChI=1S/C31H31N3O3/c35-28-14-16-33(17-15-28)26-8-5-23(6-9-26)31(37)32-25-7-12-29-24(20-25)13-18-34(29)27-10-3-22(4-11-27)30(36)19-21-1-2-21/h3-13,18,20-21,28,35H,1-2,14-17,19H2,(H,32,37). The van der Waals surface area contributed by atoms with Crippen LogP contribution in [0.15, 0.2) is 79.0 Å². The zero-order valence-corrected chi connectivity index (χ0v) is 20.8. The molecule has 1 saturated carbocycles. The number of amides is 1. The lowest BCUT2D eigenvalue weighted by Gasteiger charge is -2.31. The van der Waals surface area contributed by atoms with Crippen LogP contribution in [0.1, 0.15) is 52.8 Å². The van der Waals surface area contributed by atoms with E-state index in [2.05, 4.69) is 14.8 Å². The fraction of sp³-hybridized carbons (Fsp3) is 0.290. The van der Waals surface area contributed by atoms with Crippen LogP contribution in [0.4, 0.5) is 11.4 Å². The van der Waals surface area contributed by atoms with Crippen LogP contribution in [0.5, 0.6) is 0 Å². The summed E-state index contributed by atoms with van der Waals surface area (Å²) in [5.74, 6) is 0.670. The number of fused-ring (bicyclic) bond motifs is 1. The SMILES string of the molecule is O=C(CC1CC1)c1ccc(-n2ccc3cc(NC(=O)c4ccc(N5CCC(O)CC5)cc4)ccc32)cc1. The molecule has 0 spiro atoms. The van der Waals surface area contributed by atoms with E-state index in [1.165, 1.54) is 12.8 Å². The molecule has 0 bridgehead atoms. The molecule has 2 fully saturated rings. The number of benzene rings is 3. The van der Waals surface area contributed by atoms with E-state index in [1.54, 1.807) is 0 Å². The zero-order chi connectivity index (χ0) is 25.4. The highest BCUT2D eigenvalue weighted by Gasteiger charge is 2.25. The monoisotopic (exact) mass is 493 g/mol. The van der Waals surface area contributed by atoms with E-state index in [4.69, 9.17) is 0 Å². The third kappa shape index (κ3) is 5.16. The first kappa shape index (κ1) is 23.5. The van der Waals surface area contributed by atoms with Gasteiger partial charge in [-0.3, -0.25) is 9.59 Å². The Labute approximate surface area is 216 Å². The summed E-state index contributed by atoms with van der Waals surface area (Å²) in [5.41, 5.74) is 5.23. The summed E-state index contributed by atoms with van der Waals surface area (Å²) < 4.78 is 2.09. The maximum Gasteiger partial charge on any atom is 0.255 e. The Bertz CT molecular complexity index is 1430. The number of hydrogen-bond donors (Lipinski definition) is 2. The van der Waals surface area contributed by atoms with Crippen LogP contribution in [-0.2, 0) is 0 Å². The van der Waals surface area contributed by atoms with Crippen molar-refractivity contribution in [2.75, 3.05) is 23.3 Å². The fourth-order valence-electron chi connectivity index (χ4n) is 5.11. The molecule has 3 aromatic carbocycles. The second-order valence-corrected chi connectivity index (χ2v) is 10.3. The average molecular weight is 494 g/mol. The summed E-state index contributed by atoms with van der Waals surface area (Å²) >= 11 is 0. The number of aliphatic hydroxyl groups is 1. The highest BCUT2D eigenvalue weighted by molar-refractivity contribution is 6.05. The maximum atomic E-state index is 12.9. The minimum absolute atomic E-state index is 0.147. The molecule has 4 aromatic rings. The van der Waals surface area contributed by atoms with Gasteiger partial charge in [0.25, 0.3) is 5.91 Å². The Morgan fingerprint density at radius 3 is 2.19 bits per heavy atom. The van der Waals surface area contributed by atoms with Gasteiger partial charge in [0.15, 0.2) is 5.78 Å². The van der Waals surface area contributed by atoms with Gasteiger partial charge in [-0.05, 0) is 104 Å². The lowest BCUT2D eigenvalue weighted by molar-refractivity contribution is 0.0974. The number of carbonyl (C=O) groups excluding carboxylic acids is 2. The van der Waals surface area contributed by atoms with Crippen LogP contribution in [0, 0.1) is 5.92 Å². The molecule has 2 heterocycles. The number of anilines is 2. The van der Waals surface area contributed by atoms with Crippen LogP contribution in [0.25, 0.3) is 16.6 Å². The molecule has 1 aromatic heterocycles. The van der Waals surface area contributed by atoms with E-state index in [9.17, 15) is 14.7 Å². The van der Waals surface area contributed by atoms with Gasteiger partial charge in [-0.2, -0.15) is 0 Å². The smallest absolute Gasteiger partial charge is 0.255 e. The summed E-state index contributed by atoms with van der Waals surface area (Å²) in [5, 5.41) is 13.8. The number of rotatable bonds is 7. The molecule has 2 aliphatic rings. The topological polar surface area (TPSA) is 74.6 Å². The summed E-state index contributed by atoms with van der Waals surface area (Å²) in [6.07, 6.45) is 6.38. The van der Waals surface area contributed by atoms with E-state index in [1.807, 2.05) is 79.0 Å². The first-order valence-electron chi connectivity index (χ1n) is 13.1. The molecule has 1 amide bonds. The van der Waals surface area contributed by atoms with Gasteiger partial charge in [-0.1, -0.05) is 0 Å². The van der Waals surface area contributed by atoms with E-state index in [0.29, 0.717) is 17.9 Å². The number of Topliss-reactive ketones (excluding diaryl/α,β-unsaturated/α-hetero) is 1. The number of piperidine rings is 1. The van der Waals surface area contributed by atoms with Gasteiger partial charge in [0.05, 0.1) is 11.6 Å². The van der Waals surface area contributed by atoms with Crippen LogP contribution in [0.2, 0.25) is 0 Å². The third-order valence-corrected chi connectivity index (χ3v) is 7.55. The minimum atomic E-state index is -0.205. The Hall–Kier alpha value is -3.90. The predicted molar refractivity (Wildman–Crippen MR) is 147 cm³/mol. The van der Waals surface area contributed by atoms with Crippen molar-refractivity contribution in [1.29, 1.82) is 0 Å². The molecule has 1 aliphatic carbocycles. The maximum absolute atomic E-state index is 12.9. The summed E-state index contributed by atoms with van der Waals surface area (Å²) in [7, 11) is 0. The number of carbonyl (C=O) groups is 2. The minimum Gasteiger partial charge on any atom is -0.393 e. The van der Waals surface area contributed by atoms with Gasteiger partial charge in [-0.25, -0.2) is 0 Å². The van der Waals surface area contributed by atoms with Crippen molar-refractivity contribution in [2.45, 2.75) is 38.2 Å². The Kier molecular flexibility index (Phi) is 6.26. The van der Waals surface area contributed by atoms with Crippen LogP contribution in [-0.4, -0.2) is 40.6 Å². The molecule has 0 unspecified atom stereocenters. The third-order valence-electron chi connectivity index (χ3n) is 7.55. The van der Waals surface area contributed by atoms with Crippen LogP contribution < -0.4 is 10.2 Å². The molecule has 6 nitrogen and oxygen atoms in total. The Balaban J connectivity index is 1.13. The van der Waals surface area contributed by atoms with Gasteiger partial charge >= 0.3 is 0 Å². The average Bonchev–Trinajstić information content (AvgIpc) is 3.64. The van der Waals surface area contributed by atoms with Crippen molar-refractivity contribution in [2.24, 2.45) is 5.92 Å². The Morgan fingerprint density at radius 2 is 1.49 bits per heavy atom. The van der Waals surface area contributed by atoms with Crippen LogP contribution in [0.3, 0.4) is 0 Å². The van der Waals surface area contributed by atoms with Gasteiger partial charge in [0.2, 0.25) is 0 Å². The molecule has 188 valence electrons. The molecular formula is C31H31N3O3. The van der Waals surface area contributed by atoms with Gasteiger partial charge in [0.1, 0.15) is 0 Å². The number of aliphatic hydroxyl groups excluding tert-OH is 1. The summed E-state index contributed by atoms with van der Waals surface area (Å²) in [6.45, 7) is 1.66. The predicted octanol–water partition coefficient (Wildman–Crippen LogP) is 5.83. The van der Waals surface area contributed by atoms with Crippen molar-refractivity contribution in [3.8, 4) is 5.69 Å². The lowest BCUT2D eigenvalue weighted by atomic mass is 10.1. The van der Waals surface area contributed by atoms with Crippen molar-refractivity contribution in [1.82, 2.24) is 4.57 Å². The Morgan fingerprint density at radius 1 is 0.811 bits per heavy atom. The van der Waals surface area contributed by atoms with Crippen molar-refractivity contribution in [3.63, 3.8) is 0 Å². The van der Waals surface area contributed by atoms with Gasteiger partial charge in [0, 0.05) is 59.3 Å². The molecule has 1 aliphatic heterocycles. The molecule has 6 rings (SSSR count). The van der Waals surface area contributed by atoms with Crippen molar-refractivity contribution < 1.29 is 14.7 Å². The number of ketones is 1. The lowest BCUT2D eigenvalue weighted by Crippen LogP contribution is -2.35. The second kappa shape index (κ2) is 9.87. The second-order valence-electron chi connectivity index (χ2n) is 10.3. The van der Waals surface area contributed by atoms with E-state index < -0.39 is 0 Å². The molecule has 37 heavy (non-hydrogen) atoms. The van der Waals surface area contributed by atoms with Gasteiger partial charge in [-0.15, -0.1) is 0 Å². The normalized spacial score (nSPS) is 16.2. The molecule has 0 atom stereocenters. The number of nitrogens with one attached hydrogen (secondary N) is 1. The number of hydrogen-bond acceptors (Lipinski definition) is 4. The summed E-state index contributed by atoms with van der Waals surface area (Å²) in [4.78, 5) is 27.5. The van der Waals surface area contributed by atoms with Crippen molar-refractivity contribution in [3.05, 3.63) is 90.1 Å². The first-order chi connectivity index (χ1) is 18.0. The highest BCUT2D eigenvalue weighted by atomic mass is 16.3. The number of nitrogens with zero attached hydrogens (tertiary/aromatic N) is 2. The molecule has 1 saturated heterocycles. The molecule has 2 N–H and O–H groups in total. The molecular weight excluding hydrogens is 462 g/mol. The highest BCUT2D eigenvalue weighted by Crippen LogP contribution is 2.33. The van der Waals surface area contributed by atoms with Gasteiger partial charge < -0.3 is 19.9 Å². The van der Waals surface area contributed by atoms with Crippen LogP contribution >= 0.6 is 0 Å². The van der Waals surface area contributed by atoms with E-state index in [0.717, 1.165) is 59.5 Å². The molecule has 0 radical (unpaired) electrons.